The van der Waals surface area contributed by atoms with Crippen LogP contribution < -0.4 is 14.8 Å². The number of aromatic nitrogens is 1. The predicted octanol–water partition coefficient (Wildman–Crippen LogP) is 1.61. The average Bonchev–Trinajstić information content (AvgIpc) is 2.68. The van der Waals surface area contributed by atoms with Crippen LogP contribution in [0.5, 0.6) is 0 Å². The van der Waals surface area contributed by atoms with Crippen LogP contribution in [0.15, 0.2) is 58.5 Å². The molecule has 2 heterocycles. The topological polar surface area (TPSA) is 56.0 Å². The molecule has 1 aromatic heterocycles. The van der Waals surface area contributed by atoms with Crippen molar-refractivity contribution >= 4 is 38.0 Å². The molecule has 0 radical (unpaired) electrons. The number of nitrogens with zero attached hydrogens (tertiary/aromatic N) is 1. The number of pyridine rings is 1. The molecule has 0 saturated carbocycles. The summed E-state index contributed by atoms with van der Waals surface area (Å²) in [4.78, 5) is 6.75. The highest BCUT2D eigenvalue weighted by Crippen LogP contribution is 2.35. The highest BCUT2D eigenvalue weighted by atomic mass is 35.5. The lowest BCUT2D eigenvalue weighted by atomic mass is 10.1. The third kappa shape index (κ3) is 3.45. The van der Waals surface area contributed by atoms with Gasteiger partial charge in [-0.2, -0.15) is 0 Å². The standard InChI is InChI=1S/C20H19ClFN3O2S/c1-24-8-10-25(11-9-24)20-17-12-15(22)4-7-18(17)23-13-19(20)28(26,27)16-5-2-14(21)3-6-16/h2-7,12-13H,8-11H2,1H3/p+2. The minimum Gasteiger partial charge on any atom is -0.358 e. The second-order valence-electron chi connectivity index (χ2n) is 7.09. The highest BCUT2D eigenvalue weighted by molar-refractivity contribution is 7.91. The molecule has 1 aliphatic heterocycles. The number of halogens is 2. The summed E-state index contributed by atoms with van der Waals surface area (Å²) in [5.41, 5.74) is 1.24. The molecule has 2 N–H and O–H groups in total. The summed E-state index contributed by atoms with van der Waals surface area (Å²) >= 11 is 5.92. The lowest BCUT2D eigenvalue weighted by Gasteiger charge is -2.32. The van der Waals surface area contributed by atoms with Crippen molar-refractivity contribution in [3.63, 3.8) is 0 Å². The Hall–Kier alpha value is -2.22. The van der Waals surface area contributed by atoms with E-state index in [9.17, 15) is 12.8 Å². The molecule has 0 aliphatic carbocycles. The van der Waals surface area contributed by atoms with Crippen LogP contribution in [0.2, 0.25) is 5.02 Å². The lowest BCUT2D eigenvalue weighted by Crippen LogP contribution is -3.12. The maximum atomic E-state index is 14.0. The minimum atomic E-state index is -3.81. The molecule has 0 bridgehead atoms. The predicted molar refractivity (Wildman–Crippen MR) is 106 cm³/mol. The number of benzene rings is 2. The Kier molecular flexibility index (Phi) is 4.99. The van der Waals surface area contributed by atoms with E-state index in [0.29, 0.717) is 34.7 Å². The van der Waals surface area contributed by atoms with Crippen molar-refractivity contribution in [2.45, 2.75) is 9.79 Å². The smallest absolute Gasteiger partial charge is 0.214 e. The zero-order valence-electron chi connectivity index (χ0n) is 15.4. The number of likely N-dealkylation sites (N-methyl/N-ethyl adjacent to an activating group) is 1. The first-order valence-corrected chi connectivity index (χ1v) is 10.9. The molecule has 146 valence electrons. The maximum absolute atomic E-state index is 14.0. The molecule has 5 nitrogen and oxygen atoms in total. The fraction of sp³-hybridized carbons (Fsp3) is 0.250. The van der Waals surface area contributed by atoms with Crippen LogP contribution >= 0.6 is 11.6 Å². The van der Waals surface area contributed by atoms with Gasteiger partial charge in [0.2, 0.25) is 15.4 Å². The average molecular weight is 422 g/mol. The van der Waals surface area contributed by atoms with E-state index in [0.717, 1.165) is 13.1 Å². The molecule has 8 heteroatoms. The first-order valence-electron chi connectivity index (χ1n) is 9.07. The third-order valence-corrected chi connectivity index (χ3v) is 7.21. The number of fused-ring (bicyclic) bond motifs is 1. The molecule has 4 rings (SSSR count). The number of H-pyrrole nitrogens is 1. The zero-order chi connectivity index (χ0) is 19.9. The van der Waals surface area contributed by atoms with Gasteiger partial charge in [0.05, 0.1) is 49.2 Å². The Morgan fingerprint density at radius 1 is 1.11 bits per heavy atom. The minimum absolute atomic E-state index is 0.146. The van der Waals surface area contributed by atoms with E-state index >= 15 is 0 Å². The first-order chi connectivity index (χ1) is 13.4. The van der Waals surface area contributed by atoms with Crippen LogP contribution in [0.4, 0.5) is 10.1 Å². The van der Waals surface area contributed by atoms with Gasteiger partial charge >= 0.3 is 0 Å². The monoisotopic (exact) mass is 421 g/mol. The number of quaternary nitrogens is 1. The van der Waals surface area contributed by atoms with Gasteiger partial charge in [-0.25, -0.2) is 17.8 Å². The van der Waals surface area contributed by atoms with Crippen LogP contribution in [0.3, 0.4) is 0 Å². The maximum Gasteiger partial charge on any atom is 0.214 e. The number of aromatic amines is 1. The SMILES string of the molecule is C[NH+]1CCN(c2c(S(=O)(=O)c3ccc(Cl)cc3)c[nH+]c3ccc(F)cc23)CC1. The molecule has 0 spiro atoms. The summed E-state index contributed by atoms with van der Waals surface area (Å²) in [6.45, 7) is 3.17. The Morgan fingerprint density at radius 3 is 2.46 bits per heavy atom. The molecule has 2 aromatic carbocycles. The van der Waals surface area contributed by atoms with Gasteiger partial charge in [0.15, 0.2) is 11.1 Å². The molecular formula is C20H21ClFN3O2S+2. The Bertz CT molecular complexity index is 1130. The second kappa shape index (κ2) is 7.31. The van der Waals surface area contributed by atoms with E-state index in [1.165, 1.54) is 35.4 Å². The van der Waals surface area contributed by atoms with E-state index in [1.807, 2.05) is 4.90 Å². The lowest BCUT2D eigenvalue weighted by molar-refractivity contribution is -0.880. The van der Waals surface area contributed by atoms with Gasteiger partial charge in [0.25, 0.3) is 0 Å². The van der Waals surface area contributed by atoms with Crippen molar-refractivity contribution in [1.29, 1.82) is 0 Å². The fourth-order valence-electron chi connectivity index (χ4n) is 3.57. The van der Waals surface area contributed by atoms with Crippen molar-refractivity contribution in [2.75, 3.05) is 38.1 Å². The molecule has 1 fully saturated rings. The summed E-state index contributed by atoms with van der Waals surface area (Å²) in [6.07, 6.45) is 1.50. The Morgan fingerprint density at radius 2 is 1.79 bits per heavy atom. The fourth-order valence-corrected chi connectivity index (χ4v) is 5.15. The van der Waals surface area contributed by atoms with Gasteiger partial charge in [-0.05, 0) is 36.4 Å². The molecule has 1 aliphatic rings. The molecule has 3 aromatic rings. The highest BCUT2D eigenvalue weighted by Gasteiger charge is 2.31. The Labute approximate surface area is 168 Å². The summed E-state index contributed by atoms with van der Waals surface area (Å²) in [5, 5.41) is 1.03. The number of nitrogens with one attached hydrogen (secondary N) is 2. The first kappa shape index (κ1) is 19.1. The summed E-state index contributed by atoms with van der Waals surface area (Å²) in [7, 11) is -1.70. The van der Waals surface area contributed by atoms with Gasteiger partial charge in [-0.1, -0.05) is 11.6 Å². The van der Waals surface area contributed by atoms with Crippen molar-refractivity contribution in [2.24, 2.45) is 0 Å². The molecule has 0 amide bonds. The van der Waals surface area contributed by atoms with E-state index in [2.05, 4.69) is 12.0 Å². The second-order valence-corrected chi connectivity index (χ2v) is 9.45. The van der Waals surface area contributed by atoms with Crippen LogP contribution in [0.1, 0.15) is 0 Å². The number of sulfone groups is 1. The number of hydrogen-bond donors (Lipinski definition) is 1. The molecule has 28 heavy (non-hydrogen) atoms. The number of hydrogen-bond acceptors (Lipinski definition) is 3. The molecular weight excluding hydrogens is 401 g/mol. The number of anilines is 1. The van der Waals surface area contributed by atoms with Crippen LogP contribution in [-0.4, -0.2) is 41.6 Å². The third-order valence-electron chi connectivity index (χ3n) is 5.18. The molecule has 0 unspecified atom stereocenters. The molecule has 0 atom stereocenters. The van der Waals surface area contributed by atoms with E-state index < -0.39 is 15.7 Å². The van der Waals surface area contributed by atoms with Gasteiger partial charge in [-0.3, -0.25) is 0 Å². The summed E-state index contributed by atoms with van der Waals surface area (Å²) < 4.78 is 40.9. The quantitative estimate of drug-likeness (QED) is 0.699. The normalized spacial score (nSPS) is 15.9. The zero-order valence-corrected chi connectivity index (χ0v) is 16.9. The van der Waals surface area contributed by atoms with Crippen LogP contribution in [-0.2, 0) is 9.84 Å². The molecule has 1 saturated heterocycles. The Balaban J connectivity index is 1.95. The van der Waals surface area contributed by atoms with Gasteiger partial charge in [-0.15, -0.1) is 0 Å². The van der Waals surface area contributed by atoms with Crippen molar-refractivity contribution in [3.05, 3.63) is 59.5 Å². The number of piperazine rings is 1. The van der Waals surface area contributed by atoms with Crippen molar-refractivity contribution < 1.29 is 22.7 Å². The largest absolute Gasteiger partial charge is 0.358 e. The van der Waals surface area contributed by atoms with Crippen LogP contribution in [0.25, 0.3) is 10.9 Å². The van der Waals surface area contributed by atoms with E-state index in [1.54, 1.807) is 18.2 Å². The van der Waals surface area contributed by atoms with Crippen molar-refractivity contribution in [3.8, 4) is 0 Å². The van der Waals surface area contributed by atoms with Crippen molar-refractivity contribution in [1.82, 2.24) is 0 Å². The van der Waals surface area contributed by atoms with E-state index in [-0.39, 0.29) is 9.79 Å². The van der Waals surface area contributed by atoms with Gasteiger partial charge < -0.3 is 9.80 Å². The van der Waals surface area contributed by atoms with E-state index in [4.69, 9.17) is 11.6 Å². The summed E-state index contributed by atoms with van der Waals surface area (Å²) in [6, 6.07) is 10.5. The number of rotatable bonds is 3. The van der Waals surface area contributed by atoms with Gasteiger partial charge in [0, 0.05) is 11.1 Å². The summed E-state index contributed by atoms with van der Waals surface area (Å²) in [5.74, 6) is -0.400. The van der Waals surface area contributed by atoms with Crippen LogP contribution in [0, 0.1) is 5.82 Å². The van der Waals surface area contributed by atoms with Gasteiger partial charge in [0.1, 0.15) is 5.82 Å².